The highest BCUT2D eigenvalue weighted by Crippen LogP contribution is 2.39. The van der Waals surface area contributed by atoms with Crippen molar-refractivity contribution in [2.75, 3.05) is 34.7 Å². The van der Waals surface area contributed by atoms with Crippen LogP contribution >= 0.6 is 0 Å². The van der Waals surface area contributed by atoms with Gasteiger partial charge in [0.1, 0.15) is 10.6 Å². The molecule has 0 radical (unpaired) electrons. The lowest BCUT2D eigenvalue weighted by Gasteiger charge is -2.13. The molecule has 0 saturated carbocycles. The van der Waals surface area contributed by atoms with E-state index < -0.39 is 9.84 Å². The van der Waals surface area contributed by atoms with Crippen molar-refractivity contribution in [2.24, 2.45) is 0 Å². The molecule has 2 aromatic carbocycles. The molecule has 1 aromatic heterocycles. The minimum Gasteiger partial charge on any atom is -0.495 e. The summed E-state index contributed by atoms with van der Waals surface area (Å²) >= 11 is 0. The number of hydrogen-bond donors (Lipinski definition) is 1. The van der Waals surface area contributed by atoms with Crippen LogP contribution in [0.4, 0.5) is 0 Å². The van der Waals surface area contributed by atoms with Crippen LogP contribution < -0.4 is 18.9 Å². The maximum atomic E-state index is 13.2. The average Bonchev–Trinajstić information content (AvgIpc) is 3.14. The molecule has 0 spiro atoms. The van der Waals surface area contributed by atoms with Gasteiger partial charge in [0.15, 0.2) is 27.1 Å². The molecule has 0 bridgehead atoms. The number of fused-ring (bicyclic) bond motifs is 1. The molecule has 0 atom stereocenters. The molecule has 3 rings (SSSR count). The molecule has 1 N–H and O–H groups in total. The number of nitrogens with one attached hydrogen (secondary N) is 1. The van der Waals surface area contributed by atoms with Gasteiger partial charge in [0.05, 0.1) is 34.0 Å². The van der Waals surface area contributed by atoms with Gasteiger partial charge in [-0.25, -0.2) is 8.42 Å². The smallest absolute Gasteiger partial charge is 0.203 e. The van der Waals surface area contributed by atoms with E-state index in [1.807, 2.05) is 0 Å². The third-order valence-corrected chi connectivity index (χ3v) is 5.68. The Hall–Kier alpha value is -3.20. The second-order valence-corrected chi connectivity index (χ2v) is 8.19. The number of hydrogen-bond acceptors (Lipinski definition) is 7. The fourth-order valence-electron chi connectivity index (χ4n) is 3.24. The van der Waals surface area contributed by atoms with Crippen LogP contribution in [-0.4, -0.2) is 53.9 Å². The van der Waals surface area contributed by atoms with Gasteiger partial charge >= 0.3 is 0 Å². The number of benzene rings is 2. The predicted molar refractivity (Wildman–Crippen MR) is 107 cm³/mol. The second-order valence-electron chi connectivity index (χ2n) is 6.24. The fraction of sp³-hybridized carbons (Fsp3) is 0.250. The molecule has 0 aliphatic carbocycles. The van der Waals surface area contributed by atoms with Crippen LogP contribution in [-0.2, 0) is 9.84 Å². The van der Waals surface area contributed by atoms with E-state index in [0.717, 1.165) is 6.26 Å². The van der Waals surface area contributed by atoms with Crippen LogP contribution in [0.15, 0.2) is 35.4 Å². The molecular formula is C20H21NO7S. The van der Waals surface area contributed by atoms with Gasteiger partial charge in [0, 0.05) is 29.0 Å². The number of ether oxygens (including phenoxy) is 4. The largest absolute Gasteiger partial charge is 0.495 e. The van der Waals surface area contributed by atoms with Gasteiger partial charge in [0.2, 0.25) is 5.75 Å². The van der Waals surface area contributed by atoms with Gasteiger partial charge < -0.3 is 23.9 Å². The van der Waals surface area contributed by atoms with Gasteiger partial charge in [-0.1, -0.05) is 0 Å². The Bertz CT molecular complexity index is 1170. The summed E-state index contributed by atoms with van der Waals surface area (Å²) in [5.41, 5.74) is 0.918. The second kappa shape index (κ2) is 7.67. The maximum absolute atomic E-state index is 13.2. The van der Waals surface area contributed by atoms with Crippen LogP contribution in [0.3, 0.4) is 0 Å². The lowest BCUT2D eigenvalue weighted by molar-refractivity contribution is 0.103. The average molecular weight is 419 g/mol. The van der Waals surface area contributed by atoms with E-state index in [1.54, 1.807) is 18.2 Å². The first kappa shape index (κ1) is 20.5. The van der Waals surface area contributed by atoms with Crippen LogP contribution in [0.25, 0.3) is 10.9 Å². The van der Waals surface area contributed by atoms with Gasteiger partial charge in [-0.05, 0) is 24.3 Å². The number of carbonyl (C=O) groups is 1. The standard InChI is InChI=1S/C20H21NO7S/c1-25-14-7-6-12-13(10-21-17(12)20(14)29(5,23)24)18(22)11-8-15(26-2)19(28-4)16(9-11)27-3/h6-10,21H,1-5H3. The summed E-state index contributed by atoms with van der Waals surface area (Å²) < 4.78 is 45.7. The molecule has 9 heteroatoms. The summed E-state index contributed by atoms with van der Waals surface area (Å²) in [6.07, 6.45) is 2.57. The molecule has 0 amide bonds. The van der Waals surface area contributed by atoms with E-state index in [9.17, 15) is 13.2 Å². The minimum absolute atomic E-state index is 0.00134. The number of rotatable bonds is 7. The number of carbonyl (C=O) groups excluding carboxylic acids is 1. The summed E-state index contributed by atoms with van der Waals surface area (Å²) in [6, 6.07) is 6.26. The Labute approximate surface area is 168 Å². The number of aromatic amines is 1. The van der Waals surface area contributed by atoms with Crippen LogP contribution in [0, 0.1) is 0 Å². The molecule has 0 aliphatic heterocycles. The van der Waals surface area contributed by atoms with E-state index >= 15 is 0 Å². The zero-order valence-corrected chi connectivity index (χ0v) is 17.5. The van der Waals surface area contributed by atoms with Crippen molar-refractivity contribution in [3.8, 4) is 23.0 Å². The van der Waals surface area contributed by atoms with Crippen molar-refractivity contribution in [3.63, 3.8) is 0 Å². The van der Waals surface area contributed by atoms with Crippen molar-refractivity contribution < 1.29 is 32.2 Å². The van der Waals surface area contributed by atoms with E-state index in [2.05, 4.69) is 4.98 Å². The highest BCUT2D eigenvalue weighted by atomic mass is 32.2. The molecule has 0 fully saturated rings. The maximum Gasteiger partial charge on any atom is 0.203 e. The third kappa shape index (κ3) is 3.49. The van der Waals surface area contributed by atoms with E-state index in [0.29, 0.717) is 39.3 Å². The molecular weight excluding hydrogens is 398 g/mol. The Balaban J connectivity index is 2.21. The first-order chi connectivity index (χ1) is 13.8. The van der Waals surface area contributed by atoms with E-state index in [4.69, 9.17) is 18.9 Å². The summed E-state index contributed by atoms with van der Waals surface area (Å²) in [7, 11) is 2.18. The van der Waals surface area contributed by atoms with Crippen molar-refractivity contribution in [1.82, 2.24) is 4.98 Å². The molecule has 0 aliphatic rings. The van der Waals surface area contributed by atoms with Crippen LogP contribution in [0.1, 0.15) is 15.9 Å². The predicted octanol–water partition coefficient (Wildman–Crippen LogP) is 2.84. The number of H-pyrrole nitrogens is 1. The molecule has 154 valence electrons. The van der Waals surface area contributed by atoms with Crippen molar-refractivity contribution in [1.29, 1.82) is 0 Å². The topological polar surface area (TPSA) is 104 Å². The van der Waals surface area contributed by atoms with Crippen molar-refractivity contribution in [3.05, 3.63) is 41.6 Å². The normalized spacial score (nSPS) is 11.3. The zero-order chi connectivity index (χ0) is 21.3. The summed E-state index contributed by atoms with van der Waals surface area (Å²) in [5, 5.41) is 0.463. The highest BCUT2D eigenvalue weighted by molar-refractivity contribution is 7.91. The quantitative estimate of drug-likeness (QED) is 0.587. The van der Waals surface area contributed by atoms with Crippen molar-refractivity contribution in [2.45, 2.75) is 4.90 Å². The summed E-state index contributed by atoms with van der Waals surface area (Å²) in [6.45, 7) is 0. The number of sulfone groups is 1. The Morgan fingerprint density at radius 2 is 1.48 bits per heavy atom. The molecule has 0 unspecified atom stereocenters. The lowest BCUT2D eigenvalue weighted by Crippen LogP contribution is -2.04. The fourth-order valence-corrected chi connectivity index (χ4v) is 4.29. The van der Waals surface area contributed by atoms with Crippen LogP contribution in [0.2, 0.25) is 0 Å². The van der Waals surface area contributed by atoms with Gasteiger partial charge in [-0.2, -0.15) is 0 Å². The van der Waals surface area contributed by atoms with Gasteiger partial charge in [-0.15, -0.1) is 0 Å². The Morgan fingerprint density at radius 1 is 0.897 bits per heavy atom. The van der Waals surface area contributed by atoms with Crippen molar-refractivity contribution >= 4 is 26.5 Å². The SMILES string of the molecule is COc1cc(C(=O)c2c[nH]c3c(S(C)(=O)=O)c(OC)ccc23)cc(OC)c1OC. The first-order valence-electron chi connectivity index (χ1n) is 8.49. The molecule has 1 heterocycles. The van der Waals surface area contributed by atoms with E-state index in [-0.39, 0.29) is 16.4 Å². The minimum atomic E-state index is -3.60. The number of ketones is 1. The first-order valence-corrected chi connectivity index (χ1v) is 10.4. The monoisotopic (exact) mass is 419 g/mol. The molecule has 29 heavy (non-hydrogen) atoms. The summed E-state index contributed by atoms with van der Waals surface area (Å²) in [5.74, 6) is 0.922. The zero-order valence-electron chi connectivity index (χ0n) is 16.7. The number of methoxy groups -OCH3 is 4. The number of aromatic nitrogens is 1. The Kier molecular flexibility index (Phi) is 5.43. The van der Waals surface area contributed by atoms with Gasteiger partial charge in [-0.3, -0.25) is 4.79 Å². The molecule has 0 saturated heterocycles. The molecule has 8 nitrogen and oxygen atoms in total. The van der Waals surface area contributed by atoms with Crippen LogP contribution in [0.5, 0.6) is 23.0 Å². The lowest BCUT2D eigenvalue weighted by atomic mass is 10.0. The highest BCUT2D eigenvalue weighted by Gasteiger charge is 2.24. The van der Waals surface area contributed by atoms with Gasteiger partial charge in [0.25, 0.3) is 0 Å². The summed E-state index contributed by atoms with van der Waals surface area (Å²) in [4.78, 5) is 16.1. The Morgan fingerprint density at radius 3 is 1.97 bits per heavy atom. The third-order valence-electron chi connectivity index (χ3n) is 4.53. The van der Waals surface area contributed by atoms with E-state index in [1.165, 1.54) is 40.7 Å². The molecule has 3 aromatic rings.